The first-order valence-corrected chi connectivity index (χ1v) is 16.9. The molecule has 1 aromatic heterocycles. The molecule has 5 rings (SSSR count). The Bertz CT molecular complexity index is 1700. The normalized spacial score (nSPS) is 21.7. The van der Waals surface area contributed by atoms with Gasteiger partial charge in [-0.05, 0) is 82.3 Å². The first-order chi connectivity index (χ1) is 21.5. The summed E-state index contributed by atoms with van der Waals surface area (Å²) in [6.45, 7) is 9.08. The lowest BCUT2D eigenvalue weighted by molar-refractivity contribution is -0.186. The van der Waals surface area contributed by atoms with Crippen LogP contribution in [0.25, 0.3) is 11.3 Å². The topological polar surface area (TPSA) is 105 Å². The van der Waals surface area contributed by atoms with Gasteiger partial charge in [-0.3, -0.25) is 9.69 Å². The molecule has 1 amide bonds. The summed E-state index contributed by atoms with van der Waals surface area (Å²) in [6.07, 6.45) is -3.16. The van der Waals surface area contributed by atoms with E-state index in [1.165, 1.54) is 30.1 Å². The molecule has 0 saturated heterocycles. The molecule has 1 N–H and O–H groups in total. The second-order valence-electron chi connectivity index (χ2n) is 12.8. The van der Waals surface area contributed by atoms with Crippen LogP contribution in [0.2, 0.25) is 0 Å². The van der Waals surface area contributed by atoms with E-state index in [1.54, 1.807) is 17.0 Å². The van der Waals surface area contributed by atoms with Crippen LogP contribution in [0.3, 0.4) is 0 Å². The van der Waals surface area contributed by atoms with Crippen LogP contribution >= 0.6 is 12.4 Å². The van der Waals surface area contributed by atoms with Gasteiger partial charge in [0.15, 0.2) is 0 Å². The number of amides is 1. The van der Waals surface area contributed by atoms with E-state index in [0.717, 1.165) is 23.6 Å². The van der Waals surface area contributed by atoms with Crippen molar-refractivity contribution in [2.75, 3.05) is 18.4 Å². The number of nitrogens with zero attached hydrogens (tertiary/aromatic N) is 4. The summed E-state index contributed by atoms with van der Waals surface area (Å²) in [5, 5.41) is 0. The molecule has 0 radical (unpaired) electrons. The number of anilines is 1. The Balaban J connectivity index is 0.00000500. The highest BCUT2D eigenvalue weighted by molar-refractivity contribution is 7.92. The fourth-order valence-corrected chi connectivity index (χ4v) is 7.29. The van der Waals surface area contributed by atoms with Crippen molar-refractivity contribution in [1.29, 1.82) is 0 Å². The zero-order valence-corrected chi connectivity index (χ0v) is 28.8. The van der Waals surface area contributed by atoms with Crippen molar-refractivity contribution in [2.24, 2.45) is 5.92 Å². The summed E-state index contributed by atoms with van der Waals surface area (Å²) in [5.41, 5.74) is 3.31. The van der Waals surface area contributed by atoms with E-state index < -0.39 is 34.2 Å². The van der Waals surface area contributed by atoms with Gasteiger partial charge in [0.05, 0.1) is 16.6 Å². The van der Waals surface area contributed by atoms with Gasteiger partial charge in [0.25, 0.3) is 15.9 Å². The number of carbonyl (C=O) groups is 1. The average molecular weight is 696 g/mol. The molecule has 14 heteroatoms. The molecular formula is C33H41ClF3N5O4S. The Morgan fingerprint density at radius 1 is 1.04 bits per heavy atom. The molecule has 4 bridgehead atoms. The van der Waals surface area contributed by atoms with Crippen LogP contribution < -0.4 is 9.46 Å². The smallest absolute Gasteiger partial charge is 0.403 e. The summed E-state index contributed by atoms with van der Waals surface area (Å²) in [5.74, 6) is -0.313. The van der Waals surface area contributed by atoms with Crippen LogP contribution in [0.5, 0.6) is 5.88 Å². The Kier molecular flexibility index (Phi) is 10.8. The van der Waals surface area contributed by atoms with Gasteiger partial charge in [0.1, 0.15) is 12.6 Å². The van der Waals surface area contributed by atoms with E-state index in [-0.39, 0.29) is 59.3 Å². The van der Waals surface area contributed by atoms with E-state index in [9.17, 15) is 26.4 Å². The third kappa shape index (κ3) is 7.84. The van der Waals surface area contributed by atoms with E-state index >= 15 is 0 Å². The van der Waals surface area contributed by atoms with Crippen LogP contribution in [0.15, 0.2) is 53.4 Å². The van der Waals surface area contributed by atoms with E-state index in [4.69, 9.17) is 4.74 Å². The molecule has 1 aliphatic carbocycles. The van der Waals surface area contributed by atoms with Gasteiger partial charge in [-0.2, -0.15) is 18.2 Å². The van der Waals surface area contributed by atoms with E-state index in [2.05, 4.69) is 14.7 Å². The maximum atomic E-state index is 14.3. The number of carbonyl (C=O) groups excluding carboxylic acids is 1. The molecule has 3 aromatic rings. The molecule has 1 saturated carbocycles. The zero-order valence-electron chi connectivity index (χ0n) is 27.2. The Labute approximate surface area is 280 Å². The maximum absolute atomic E-state index is 14.3. The first kappa shape index (κ1) is 36.4. The van der Waals surface area contributed by atoms with Crippen molar-refractivity contribution in [2.45, 2.75) is 89.1 Å². The molecule has 0 spiro atoms. The number of sulfonamides is 1. The predicted octanol–water partition coefficient (Wildman–Crippen LogP) is 6.65. The fourth-order valence-electron chi connectivity index (χ4n) is 6.30. The van der Waals surface area contributed by atoms with Gasteiger partial charge in [-0.25, -0.2) is 18.1 Å². The second-order valence-corrected chi connectivity index (χ2v) is 14.5. The van der Waals surface area contributed by atoms with Crippen molar-refractivity contribution >= 4 is 34.3 Å². The van der Waals surface area contributed by atoms with Crippen LogP contribution in [-0.4, -0.2) is 78.1 Å². The van der Waals surface area contributed by atoms with Crippen LogP contribution in [-0.2, 0) is 10.0 Å². The maximum Gasteiger partial charge on any atom is 0.403 e. The predicted molar refractivity (Wildman–Crippen MR) is 176 cm³/mol. The third-order valence-corrected chi connectivity index (χ3v) is 10.3. The van der Waals surface area contributed by atoms with Gasteiger partial charge in [-0.15, -0.1) is 12.4 Å². The second kappa shape index (κ2) is 14.0. The number of aromatic nitrogens is 2. The molecule has 2 aromatic carbocycles. The van der Waals surface area contributed by atoms with Crippen molar-refractivity contribution in [1.82, 2.24) is 19.8 Å². The van der Waals surface area contributed by atoms with Crippen LogP contribution in [0.1, 0.15) is 61.5 Å². The minimum atomic E-state index is -4.37. The first-order valence-electron chi connectivity index (χ1n) is 15.4. The Hall–Kier alpha value is -3.42. The molecule has 2 heterocycles. The largest absolute Gasteiger partial charge is 0.475 e. The number of nitrogens with one attached hydrogen (secondary N) is 1. The van der Waals surface area contributed by atoms with Gasteiger partial charge < -0.3 is 9.64 Å². The minimum absolute atomic E-state index is 0. The highest BCUT2D eigenvalue weighted by Gasteiger charge is 2.47. The highest BCUT2D eigenvalue weighted by Crippen LogP contribution is 2.37. The van der Waals surface area contributed by atoms with Crippen LogP contribution in [0.4, 0.5) is 19.1 Å². The molecule has 47 heavy (non-hydrogen) atoms. The van der Waals surface area contributed by atoms with Crippen molar-refractivity contribution in [3.05, 3.63) is 65.2 Å². The molecule has 0 unspecified atom stereocenters. The number of alkyl halides is 3. The quantitative estimate of drug-likeness (QED) is 0.308. The van der Waals surface area contributed by atoms with Crippen molar-refractivity contribution in [3.63, 3.8) is 0 Å². The summed E-state index contributed by atoms with van der Waals surface area (Å²) < 4.78 is 76.3. The summed E-state index contributed by atoms with van der Waals surface area (Å²) in [6, 6.07) is 10.3. The standard InChI is InChI=1S/C33H40F3N5O4S.ClH/c1-19(2)13-26-18-45-29-17-28(30-20(3)9-7-10-21(30)4)37-32(38-29)39-46(43,44)27-12-8-11-23(14-27)31(42)41(26)25-15-24(16-25)40(6)22(5)33(34,35)36;/h7-12,14,17,19,22,24-26H,13,15-16,18H2,1-6H3,(H,37,38,39);1H/t22-,24?,25?,26-;/m1./s1. The molecule has 1 aliphatic heterocycles. The van der Waals surface area contributed by atoms with Gasteiger partial charge in [0, 0.05) is 29.3 Å². The monoisotopic (exact) mass is 695 g/mol. The lowest BCUT2D eigenvalue weighted by Gasteiger charge is -2.50. The number of hydrogen-bond donors (Lipinski definition) is 1. The Morgan fingerprint density at radius 2 is 1.68 bits per heavy atom. The van der Waals surface area contributed by atoms with Crippen LogP contribution in [0, 0.1) is 19.8 Å². The number of fused-ring (bicyclic) bond motifs is 4. The van der Waals surface area contributed by atoms with Gasteiger partial charge >= 0.3 is 6.18 Å². The molecule has 2 atom stereocenters. The van der Waals surface area contributed by atoms with Gasteiger partial charge in [0.2, 0.25) is 11.8 Å². The average Bonchev–Trinajstić information content (AvgIpc) is 2.95. The number of hydrogen-bond acceptors (Lipinski definition) is 7. The minimum Gasteiger partial charge on any atom is -0.475 e. The zero-order chi connectivity index (χ0) is 33.6. The molecule has 9 nitrogen and oxygen atoms in total. The number of halogens is 4. The lowest BCUT2D eigenvalue weighted by Crippen LogP contribution is -2.61. The summed E-state index contributed by atoms with van der Waals surface area (Å²) >= 11 is 0. The Morgan fingerprint density at radius 3 is 2.30 bits per heavy atom. The number of aryl methyl sites for hydroxylation is 2. The molecule has 256 valence electrons. The number of benzene rings is 2. The molecule has 1 fully saturated rings. The number of ether oxygens (including phenoxy) is 1. The van der Waals surface area contributed by atoms with E-state index in [0.29, 0.717) is 25.0 Å². The fraction of sp³-hybridized carbons (Fsp3) is 0.485. The SMILES string of the molecule is Cc1cccc(C)c1-c1cc2nc(n1)NS(=O)(=O)c1cccc(c1)C(=O)N(C1CC(N(C)[C@H](C)C(F)(F)F)C1)[C@H](CC(C)C)CO2.Cl. The number of rotatable bonds is 6. The third-order valence-electron chi connectivity index (χ3n) is 8.99. The van der Waals surface area contributed by atoms with Crippen molar-refractivity contribution in [3.8, 4) is 17.1 Å². The van der Waals surface area contributed by atoms with Gasteiger partial charge in [-0.1, -0.05) is 38.1 Å². The lowest BCUT2D eigenvalue weighted by atomic mass is 9.82. The summed E-state index contributed by atoms with van der Waals surface area (Å²) in [4.78, 5) is 26.0. The highest BCUT2D eigenvalue weighted by atomic mass is 35.5. The summed E-state index contributed by atoms with van der Waals surface area (Å²) in [7, 11) is -2.77. The molecule has 2 aliphatic rings. The van der Waals surface area contributed by atoms with Crippen molar-refractivity contribution < 1.29 is 31.1 Å². The van der Waals surface area contributed by atoms with E-state index in [1.807, 2.05) is 45.9 Å². The molecular weight excluding hydrogens is 655 g/mol.